The SMILES string of the molecule is Cc1cccc(NC(=O)[C@@H](OC(=O)c2ccc(Cl)cc2)[C@@H](OC(=O)c2ccc(Cl)cc2)C(=O)O)c1. The van der Waals surface area contributed by atoms with Gasteiger partial charge < -0.3 is 19.9 Å². The molecule has 0 aliphatic heterocycles. The molecule has 8 nitrogen and oxygen atoms in total. The molecule has 1 amide bonds. The first-order chi connectivity index (χ1) is 16.6. The second-order valence-corrected chi connectivity index (χ2v) is 8.24. The second-order valence-electron chi connectivity index (χ2n) is 7.36. The van der Waals surface area contributed by atoms with Crippen molar-refractivity contribution in [2.45, 2.75) is 19.1 Å². The molecule has 35 heavy (non-hydrogen) atoms. The highest BCUT2D eigenvalue weighted by Crippen LogP contribution is 2.18. The van der Waals surface area contributed by atoms with E-state index in [0.717, 1.165) is 5.56 Å². The lowest BCUT2D eigenvalue weighted by atomic mass is 10.1. The summed E-state index contributed by atoms with van der Waals surface area (Å²) >= 11 is 11.6. The minimum Gasteiger partial charge on any atom is -0.478 e. The first-order valence-electron chi connectivity index (χ1n) is 10.2. The van der Waals surface area contributed by atoms with Crippen LogP contribution in [0.5, 0.6) is 0 Å². The fraction of sp³-hybridized carbons (Fsp3) is 0.120. The zero-order valence-corrected chi connectivity index (χ0v) is 19.7. The summed E-state index contributed by atoms with van der Waals surface area (Å²) in [5.41, 5.74) is 1.15. The van der Waals surface area contributed by atoms with E-state index in [2.05, 4.69) is 5.32 Å². The number of hydrogen-bond donors (Lipinski definition) is 2. The molecule has 2 atom stereocenters. The van der Waals surface area contributed by atoms with Gasteiger partial charge in [-0.3, -0.25) is 4.79 Å². The standard InChI is InChI=1S/C25H19Cl2NO7/c1-14-3-2-4-19(13-14)28-22(29)20(34-24(32)15-5-9-17(26)10-6-15)21(23(30)31)35-25(33)16-7-11-18(27)12-8-16/h2-13,20-21H,1H3,(H,28,29)(H,30,31)/t20-,21+/m0/s1. The highest BCUT2D eigenvalue weighted by molar-refractivity contribution is 6.31. The van der Waals surface area contributed by atoms with Crippen molar-refractivity contribution < 1.29 is 33.8 Å². The molecule has 180 valence electrons. The molecule has 0 aliphatic rings. The summed E-state index contributed by atoms with van der Waals surface area (Å²) in [6.45, 7) is 1.79. The number of carbonyl (C=O) groups excluding carboxylic acids is 3. The zero-order valence-electron chi connectivity index (χ0n) is 18.2. The fourth-order valence-electron chi connectivity index (χ4n) is 2.97. The number of rotatable bonds is 8. The molecule has 0 unspecified atom stereocenters. The molecule has 0 bridgehead atoms. The van der Waals surface area contributed by atoms with Gasteiger partial charge in [0, 0.05) is 15.7 Å². The number of aliphatic carboxylic acids is 1. The number of amides is 1. The quantitative estimate of drug-likeness (QED) is 0.414. The Labute approximate surface area is 210 Å². The Morgan fingerprint density at radius 2 is 1.26 bits per heavy atom. The molecule has 0 fully saturated rings. The molecule has 3 aromatic rings. The van der Waals surface area contributed by atoms with Crippen molar-refractivity contribution in [2.24, 2.45) is 0 Å². The summed E-state index contributed by atoms with van der Waals surface area (Å²) in [5, 5.41) is 13.0. The number of carboxylic acid groups (broad SMARTS) is 1. The molecule has 3 rings (SSSR count). The first-order valence-corrected chi connectivity index (χ1v) is 10.9. The summed E-state index contributed by atoms with van der Waals surface area (Å²) in [7, 11) is 0. The third-order valence-corrected chi connectivity index (χ3v) is 5.19. The van der Waals surface area contributed by atoms with Crippen molar-refractivity contribution in [3.63, 3.8) is 0 Å². The molecular formula is C25H19Cl2NO7. The molecule has 0 aliphatic carbocycles. The van der Waals surface area contributed by atoms with Crippen LogP contribution in [0.25, 0.3) is 0 Å². The number of aryl methyl sites for hydroxylation is 1. The predicted molar refractivity (Wildman–Crippen MR) is 129 cm³/mol. The monoisotopic (exact) mass is 515 g/mol. The summed E-state index contributed by atoms with van der Waals surface area (Å²) in [5.74, 6) is -4.76. The van der Waals surface area contributed by atoms with Crippen molar-refractivity contribution in [1.82, 2.24) is 0 Å². The van der Waals surface area contributed by atoms with Gasteiger partial charge in [0.25, 0.3) is 5.91 Å². The number of carbonyl (C=O) groups is 4. The topological polar surface area (TPSA) is 119 Å². The average Bonchev–Trinajstić information content (AvgIpc) is 2.81. The molecule has 0 aromatic heterocycles. The van der Waals surface area contributed by atoms with Crippen LogP contribution in [0.2, 0.25) is 10.0 Å². The number of nitrogens with one attached hydrogen (secondary N) is 1. The van der Waals surface area contributed by atoms with Crippen LogP contribution < -0.4 is 5.32 Å². The number of benzene rings is 3. The first kappa shape index (κ1) is 25.7. The van der Waals surface area contributed by atoms with Crippen LogP contribution in [0.4, 0.5) is 5.69 Å². The van der Waals surface area contributed by atoms with Gasteiger partial charge in [0.2, 0.25) is 12.2 Å². The molecule has 0 spiro atoms. The molecule has 2 N–H and O–H groups in total. The van der Waals surface area contributed by atoms with Crippen molar-refractivity contribution in [2.75, 3.05) is 5.32 Å². The van der Waals surface area contributed by atoms with E-state index >= 15 is 0 Å². The molecule has 0 heterocycles. The molecule has 10 heteroatoms. The van der Waals surface area contributed by atoms with Gasteiger partial charge in [0.05, 0.1) is 11.1 Å². The second kappa shape index (κ2) is 11.5. The number of halogens is 2. The number of hydrogen-bond acceptors (Lipinski definition) is 6. The Balaban J connectivity index is 1.90. The van der Waals surface area contributed by atoms with Crippen LogP contribution in [0.3, 0.4) is 0 Å². The van der Waals surface area contributed by atoms with Gasteiger partial charge in [0.15, 0.2) is 0 Å². The lowest BCUT2D eigenvalue weighted by molar-refractivity contribution is -0.157. The van der Waals surface area contributed by atoms with Crippen LogP contribution in [-0.2, 0) is 19.1 Å². The Kier molecular flexibility index (Phi) is 8.46. The summed E-state index contributed by atoms with van der Waals surface area (Å²) in [4.78, 5) is 50.4. The van der Waals surface area contributed by atoms with E-state index < -0.39 is 36.0 Å². The Morgan fingerprint density at radius 1 is 0.771 bits per heavy atom. The van der Waals surface area contributed by atoms with E-state index in [1.807, 2.05) is 0 Å². The predicted octanol–water partition coefficient (Wildman–Crippen LogP) is 4.78. The molecule has 0 radical (unpaired) electrons. The van der Waals surface area contributed by atoms with Crippen LogP contribution in [0.1, 0.15) is 26.3 Å². The van der Waals surface area contributed by atoms with Crippen molar-refractivity contribution >= 4 is 52.7 Å². The molecule has 0 saturated heterocycles. The summed E-state index contributed by atoms with van der Waals surface area (Å²) in [6.07, 6.45) is -4.17. The minimum absolute atomic E-state index is 0.0101. The number of ether oxygens (including phenoxy) is 2. The average molecular weight is 516 g/mol. The highest BCUT2D eigenvalue weighted by atomic mass is 35.5. The van der Waals surface area contributed by atoms with Gasteiger partial charge >= 0.3 is 17.9 Å². The maximum Gasteiger partial charge on any atom is 0.349 e. The Hall–Kier alpha value is -3.88. The number of anilines is 1. The summed E-state index contributed by atoms with van der Waals surface area (Å²) in [6, 6.07) is 17.7. The van der Waals surface area contributed by atoms with Crippen LogP contribution in [-0.4, -0.2) is 41.1 Å². The van der Waals surface area contributed by atoms with E-state index in [4.69, 9.17) is 32.7 Å². The maximum atomic E-state index is 13.1. The largest absolute Gasteiger partial charge is 0.478 e. The Morgan fingerprint density at radius 3 is 1.71 bits per heavy atom. The number of carboxylic acids is 1. The lowest BCUT2D eigenvalue weighted by Crippen LogP contribution is -2.48. The van der Waals surface area contributed by atoms with E-state index in [9.17, 15) is 24.3 Å². The maximum absolute atomic E-state index is 13.1. The van der Waals surface area contributed by atoms with Crippen molar-refractivity contribution in [1.29, 1.82) is 0 Å². The fourth-order valence-corrected chi connectivity index (χ4v) is 3.22. The normalized spacial score (nSPS) is 12.2. The van der Waals surface area contributed by atoms with E-state index in [1.165, 1.54) is 48.5 Å². The van der Waals surface area contributed by atoms with Gasteiger partial charge in [-0.25, -0.2) is 14.4 Å². The van der Waals surface area contributed by atoms with Gasteiger partial charge in [-0.2, -0.15) is 0 Å². The van der Waals surface area contributed by atoms with Crippen molar-refractivity contribution in [3.05, 3.63) is 99.5 Å². The molecule has 0 saturated carbocycles. The minimum atomic E-state index is -2.15. The van der Waals surface area contributed by atoms with Crippen molar-refractivity contribution in [3.8, 4) is 0 Å². The molecular weight excluding hydrogens is 497 g/mol. The number of esters is 2. The van der Waals surface area contributed by atoms with E-state index in [-0.39, 0.29) is 11.1 Å². The smallest absolute Gasteiger partial charge is 0.349 e. The van der Waals surface area contributed by atoms with E-state index in [1.54, 1.807) is 31.2 Å². The van der Waals surface area contributed by atoms with Crippen LogP contribution in [0, 0.1) is 6.92 Å². The zero-order chi connectivity index (χ0) is 25.5. The van der Waals surface area contributed by atoms with Gasteiger partial charge in [-0.05, 0) is 73.2 Å². The van der Waals surface area contributed by atoms with E-state index in [0.29, 0.717) is 15.7 Å². The van der Waals surface area contributed by atoms with Gasteiger partial charge in [-0.1, -0.05) is 35.3 Å². The molecule has 3 aromatic carbocycles. The van der Waals surface area contributed by atoms with Crippen LogP contribution >= 0.6 is 23.2 Å². The lowest BCUT2D eigenvalue weighted by Gasteiger charge is -2.23. The third kappa shape index (κ3) is 7.05. The highest BCUT2D eigenvalue weighted by Gasteiger charge is 2.41. The summed E-state index contributed by atoms with van der Waals surface area (Å²) < 4.78 is 10.3. The third-order valence-electron chi connectivity index (χ3n) is 4.69. The van der Waals surface area contributed by atoms with Gasteiger partial charge in [0.1, 0.15) is 0 Å². The van der Waals surface area contributed by atoms with Gasteiger partial charge in [-0.15, -0.1) is 0 Å². The Bertz CT molecular complexity index is 1240. The van der Waals surface area contributed by atoms with Crippen LogP contribution in [0.15, 0.2) is 72.8 Å².